The van der Waals surface area contributed by atoms with Crippen molar-refractivity contribution in [1.29, 1.82) is 0 Å². The third-order valence-electron chi connectivity index (χ3n) is 4.36. The summed E-state index contributed by atoms with van der Waals surface area (Å²) in [7, 11) is 0. The molecule has 1 aliphatic rings. The minimum absolute atomic E-state index is 0.0188. The first-order valence-corrected chi connectivity index (χ1v) is 8.92. The van der Waals surface area contributed by atoms with Crippen LogP contribution in [0, 0.1) is 17.8 Å². The van der Waals surface area contributed by atoms with Crippen LogP contribution in [0.4, 0.5) is 0 Å². The molecule has 0 spiro atoms. The Balaban J connectivity index is 3.06. The van der Waals surface area contributed by atoms with Crippen LogP contribution in [0.25, 0.3) is 0 Å². The topological polar surface area (TPSA) is 54.4 Å². The van der Waals surface area contributed by atoms with Gasteiger partial charge in [-0.3, -0.25) is 9.59 Å². The molecule has 1 rings (SSSR count). The molecule has 0 saturated heterocycles. The number of rotatable bonds is 8. The van der Waals surface area contributed by atoms with Crippen LogP contribution in [0.3, 0.4) is 0 Å². The monoisotopic (exact) mass is 332 g/mol. The highest BCUT2D eigenvalue weighted by Gasteiger charge is 2.43. The van der Waals surface area contributed by atoms with Gasteiger partial charge in [0.1, 0.15) is 5.76 Å². The average Bonchev–Trinajstić information content (AvgIpc) is 2.66. The summed E-state index contributed by atoms with van der Waals surface area (Å²) in [6.45, 7) is 12.0. The van der Waals surface area contributed by atoms with E-state index in [1.54, 1.807) is 0 Å². The van der Waals surface area contributed by atoms with Crippen LogP contribution < -0.4 is 0 Å². The minimum Gasteiger partial charge on any atom is -0.511 e. The molecule has 0 aromatic rings. The first kappa shape index (κ1) is 20.4. The molecule has 2 atom stereocenters. The normalized spacial score (nSPS) is 20.5. The molecule has 1 aliphatic carbocycles. The van der Waals surface area contributed by atoms with Crippen molar-refractivity contribution in [2.75, 3.05) is 0 Å². The number of allylic oxidation sites excluding steroid dienone is 6. The number of carbonyl (C=O) groups is 2. The second-order valence-corrected chi connectivity index (χ2v) is 7.73. The lowest BCUT2D eigenvalue weighted by atomic mass is 9.86. The van der Waals surface area contributed by atoms with Crippen molar-refractivity contribution < 1.29 is 14.7 Å². The summed E-state index contributed by atoms with van der Waals surface area (Å²) in [4.78, 5) is 25.2. The largest absolute Gasteiger partial charge is 0.511 e. The van der Waals surface area contributed by atoms with E-state index in [9.17, 15) is 14.7 Å². The zero-order chi connectivity index (χ0) is 18.4. The van der Waals surface area contributed by atoms with Gasteiger partial charge < -0.3 is 5.11 Å². The first-order chi connectivity index (χ1) is 11.1. The third-order valence-corrected chi connectivity index (χ3v) is 4.36. The van der Waals surface area contributed by atoms with Crippen molar-refractivity contribution in [3.63, 3.8) is 0 Å². The van der Waals surface area contributed by atoms with Gasteiger partial charge in [0, 0.05) is 18.3 Å². The van der Waals surface area contributed by atoms with Crippen LogP contribution in [0.15, 0.2) is 34.6 Å². The number of ketones is 2. The minimum atomic E-state index is -0.290. The maximum absolute atomic E-state index is 12.8. The number of hydrogen-bond acceptors (Lipinski definition) is 3. The lowest BCUT2D eigenvalue weighted by molar-refractivity contribution is -0.123. The molecule has 0 fully saturated rings. The quantitative estimate of drug-likeness (QED) is 0.482. The van der Waals surface area contributed by atoms with Gasteiger partial charge in [-0.2, -0.15) is 0 Å². The van der Waals surface area contributed by atoms with E-state index in [-0.39, 0.29) is 40.7 Å². The van der Waals surface area contributed by atoms with Crippen LogP contribution in [-0.4, -0.2) is 16.7 Å². The maximum atomic E-state index is 12.8. The molecule has 0 aliphatic heterocycles. The van der Waals surface area contributed by atoms with Crippen LogP contribution >= 0.6 is 0 Å². The van der Waals surface area contributed by atoms with Gasteiger partial charge in [-0.05, 0) is 52.9 Å². The van der Waals surface area contributed by atoms with E-state index in [1.807, 2.05) is 47.6 Å². The molecule has 0 aromatic heterocycles. The van der Waals surface area contributed by atoms with Gasteiger partial charge in [-0.15, -0.1) is 0 Å². The molecule has 0 bridgehead atoms. The fourth-order valence-electron chi connectivity index (χ4n) is 3.15. The van der Waals surface area contributed by atoms with Gasteiger partial charge in [0.05, 0.1) is 5.57 Å². The van der Waals surface area contributed by atoms with E-state index in [0.717, 1.165) is 12.0 Å². The number of aliphatic hydroxyl groups excluding tert-OH is 1. The van der Waals surface area contributed by atoms with Gasteiger partial charge in [0.2, 0.25) is 0 Å². The van der Waals surface area contributed by atoms with Crippen molar-refractivity contribution in [2.24, 2.45) is 17.8 Å². The summed E-state index contributed by atoms with van der Waals surface area (Å²) in [5, 5.41) is 10.6. The zero-order valence-electron chi connectivity index (χ0n) is 16.0. The molecular formula is C21H32O3. The highest BCUT2D eigenvalue weighted by Crippen LogP contribution is 2.39. The number of hydrogen-bond donors (Lipinski definition) is 1. The second kappa shape index (κ2) is 9.00. The van der Waals surface area contributed by atoms with Crippen molar-refractivity contribution >= 4 is 11.6 Å². The summed E-state index contributed by atoms with van der Waals surface area (Å²) in [6, 6.07) is 0. The van der Waals surface area contributed by atoms with Crippen molar-refractivity contribution in [3.8, 4) is 0 Å². The number of carbonyl (C=O) groups excluding carboxylic acids is 2. The Kier molecular flexibility index (Phi) is 7.65. The fraction of sp³-hybridized carbons (Fsp3) is 0.619. The van der Waals surface area contributed by atoms with E-state index in [4.69, 9.17) is 0 Å². The van der Waals surface area contributed by atoms with Gasteiger partial charge in [-0.1, -0.05) is 37.1 Å². The molecule has 134 valence electrons. The Bertz CT molecular complexity index is 568. The molecule has 0 radical (unpaired) electrons. The van der Waals surface area contributed by atoms with E-state index in [2.05, 4.69) is 6.08 Å². The predicted molar refractivity (Wildman–Crippen MR) is 98.8 cm³/mol. The van der Waals surface area contributed by atoms with E-state index >= 15 is 0 Å². The summed E-state index contributed by atoms with van der Waals surface area (Å²) >= 11 is 0. The van der Waals surface area contributed by atoms with E-state index in [0.29, 0.717) is 19.3 Å². The highest BCUT2D eigenvalue weighted by atomic mass is 16.3. The fourth-order valence-corrected chi connectivity index (χ4v) is 3.15. The van der Waals surface area contributed by atoms with Gasteiger partial charge in [0.25, 0.3) is 0 Å². The van der Waals surface area contributed by atoms with Gasteiger partial charge in [0.15, 0.2) is 11.6 Å². The molecule has 0 heterocycles. The van der Waals surface area contributed by atoms with Crippen LogP contribution in [0.2, 0.25) is 0 Å². The number of aliphatic hydroxyl groups is 1. The molecular weight excluding hydrogens is 300 g/mol. The van der Waals surface area contributed by atoms with Crippen LogP contribution in [0.5, 0.6) is 0 Å². The summed E-state index contributed by atoms with van der Waals surface area (Å²) in [6.07, 6.45) is 6.53. The molecule has 0 amide bonds. The Hall–Kier alpha value is -1.64. The lowest BCUT2D eigenvalue weighted by Gasteiger charge is -2.17. The molecule has 1 N–H and O–H groups in total. The summed E-state index contributed by atoms with van der Waals surface area (Å²) < 4.78 is 0. The SMILES string of the molecule is CC(C)=CCCC1C(=O)C(C(=O)CC(C)C)=C(O)C1CC=C(C)C. The Labute approximate surface area is 146 Å². The molecule has 2 unspecified atom stereocenters. The molecule has 24 heavy (non-hydrogen) atoms. The molecule has 0 saturated carbocycles. The molecule has 0 aromatic carbocycles. The lowest BCUT2D eigenvalue weighted by Crippen LogP contribution is -2.20. The van der Waals surface area contributed by atoms with Crippen molar-refractivity contribution in [2.45, 2.75) is 67.2 Å². The predicted octanol–water partition coefficient (Wildman–Crippen LogP) is 5.33. The first-order valence-electron chi connectivity index (χ1n) is 8.92. The van der Waals surface area contributed by atoms with E-state index in [1.165, 1.54) is 5.57 Å². The van der Waals surface area contributed by atoms with Gasteiger partial charge >= 0.3 is 0 Å². The molecule has 3 heteroatoms. The zero-order valence-corrected chi connectivity index (χ0v) is 16.0. The second-order valence-electron chi connectivity index (χ2n) is 7.73. The van der Waals surface area contributed by atoms with Crippen molar-refractivity contribution in [3.05, 3.63) is 34.6 Å². The Morgan fingerprint density at radius 2 is 1.67 bits per heavy atom. The summed E-state index contributed by atoms with van der Waals surface area (Å²) in [5.74, 6) is -0.727. The number of Topliss-reactive ketones (excluding diaryl/α,β-unsaturated/α-hetero) is 2. The standard InChI is InChI=1S/C21H32O3/c1-13(2)8-7-9-16-17(11-10-14(3)4)21(24)19(20(16)23)18(22)12-15(5)6/h8,10,15-17,24H,7,9,11-12H2,1-6H3. The van der Waals surface area contributed by atoms with Crippen LogP contribution in [-0.2, 0) is 9.59 Å². The average molecular weight is 332 g/mol. The Morgan fingerprint density at radius 3 is 2.17 bits per heavy atom. The van der Waals surface area contributed by atoms with Crippen molar-refractivity contribution in [1.82, 2.24) is 0 Å². The summed E-state index contributed by atoms with van der Waals surface area (Å²) in [5.41, 5.74) is 2.44. The highest BCUT2D eigenvalue weighted by molar-refractivity contribution is 6.23. The Morgan fingerprint density at radius 1 is 1.08 bits per heavy atom. The van der Waals surface area contributed by atoms with Crippen LogP contribution in [0.1, 0.15) is 67.2 Å². The van der Waals surface area contributed by atoms with Gasteiger partial charge in [-0.25, -0.2) is 0 Å². The van der Waals surface area contributed by atoms with E-state index < -0.39 is 0 Å². The molecule has 3 nitrogen and oxygen atoms in total. The maximum Gasteiger partial charge on any atom is 0.173 e. The third kappa shape index (κ3) is 5.47. The smallest absolute Gasteiger partial charge is 0.173 e.